The monoisotopic (exact) mass is 186 g/mol. The summed E-state index contributed by atoms with van der Waals surface area (Å²) in [5.41, 5.74) is 5.27. The number of oxime groups is 1. The number of nitrogens with one attached hydrogen (secondary N) is 2. The largest absolute Gasteiger partial charge is 0.409 e. The highest BCUT2D eigenvalue weighted by molar-refractivity contribution is 5.89. The number of carbonyl (C=O) groups is 1. The van der Waals surface area contributed by atoms with Crippen molar-refractivity contribution in [3.8, 4) is 0 Å². The van der Waals surface area contributed by atoms with Crippen molar-refractivity contribution >= 4 is 11.9 Å². The van der Waals surface area contributed by atoms with Gasteiger partial charge in [-0.2, -0.15) is 0 Å². The van der Waals surface area contributed by atoms with Crippen LogP contribution in [0, 0.1) is 0 Å². The van der Waals surface area contributed by atoms with Gasteiger partial charge in [0.2, 0.25) is 0 Å². The molecule has 1 saturated carbocycles. The lowest BCUT2D eigenvalue weighted by atomic mass is 10.3. The van der Waals surface area contributed by atoms with Crippen LogP contribution in [0.2, 0.25) is 0 Å². The van der Waals surface area contributed by atoms with Gasteiger partial charge in [-0.15, -0.1) is 0 Å². The Bertz CT molecular complexity index is 225. The van der Waals surface area contributed by atoms with Crippen molar-refractivity contribution in [3.63, 3.8) is 0 Å². The number of urea groups is 1. The third-order valence-corrected chi connectivity index (χ3v) is 1.82. The van der Waals surface area contributed by atoms with Crippen LogP contribution in [-0.4, -0.2) is 29.2 Å². The van der Waals surface area contributed by atoms with E-state index in [0.717, 1.165) is 12.8 Å². The Labute approximate surface area is 76.2 Å². The average Bonchev–Trinajstić information content (AvgIpc) is 2.86. The molecule has 0 aliphatic heterocycles. The summed E-state index contributed by atoms with van der Waals surface area (Å²) in [5, 5.41) is 16.3. The molecule has 0 spiro atoms. The second-order valence-electron chi connectivity index (χ2n) is 3.14. The van der Waals surface area contributed by atoms with Gasteiger partial charge < -0.3 is 21.6 Å². The van der Waals surface area contributed by atoms with E-state index in [1.165, 1.54) is 0 Å². The third kappa shape index (κ3) is 3.18. The smallest absolute Gasteiger partial charge is 0.315 e. The quantitative estimate of drug-likeness (QED) is 0.208. The molecule has 0 aromatic heterocycles. The number of hydrogen-bond donors (Lipinski definition) is 4. The molecular formula is C7H14N4O2. The molecule has 6 nitrogen and oxygen atoms in total. The highest BCUT2D eigenvalue weighted by Gasteiger charge is 2.24. The lowest BCUT2D eigenvalue weighted by Crippen LogP contribution is -2.47. The topological polar surface area (TPSA) is 99.7 Å². The van der Waals surface area contributed by atoms with Gasteiger partial charge in [-0.25, -0.2) is 4.79 Å². The van der Waals surface area contributed by atoms with E-state index in [1.807, 2.05) is 0 Å². The SMILES string of the molecule is CC(NC(=O)NC1CC1)/C(N)=N/O. The van der Waals surface area contributed by atoms with Crippen LogP contribution in [0.3, 0.4) is 0 Å². The van der Waals surface area contributed by atoms with E-state index in [4.69, 9.17) is 10.9 Å². The summed E-state index contributed by atoms with van der Waals surface area (Å²) in [5.74, 6) is -0.00838. The molecule has 1 aliphatic carbocycles. The fourth-order valence-electron chi connectivity index (χ4n) is 0.812. The summed E-state index contributed by atoms with van der Waals surface area (Å²) in [4.78, 5) is 11.1. The molecular weight excluding hydrogens is 172 g/mol. The highest BCUT2D eigenvalue weighted by Crippen LogP contribution is 2.18. The second kappa shape index (κ2) is 3.97. The Morgan fingerprint density at radius 2 is 2.31 bits per heavy atom. The summed E-state index contributed by atoms with van der Waals surface area (Å²) < 4.78 is 0. The first kappa shape index (κ1) is 9.63. The summed E-state index contributed by atoms with van der Waals surface area (Å²) in [6.07, 6.45) is 2.07. The maximum absolute atomic E-state index is 11.1. The molecule has 0 bridgehead atoms. The van der Waals surface area contributed by atoms with E-state index >= 15 is 0 Å². The zero-order valence-corrected chi connectivity index (χ0v) is 7.45. The Morgan fingerprint density at radius 1 is 1.69 bits per heavy atom. The summed E-state index contributed by atoms with van der Waals surface area (Å²) >= 11 is 0. The molecule has 1 atom stereocenters. The number of amides is 2. The maximum atomic E-state index is 11.1. The minimum absolute atomic E-state index is 0.00838. The Balaban J connectivity index is 2.25. The molecule has 2 amide bonds. The molecule has 1 rings (SSSR count). The van der Waals surface area contributed by atoms with Crippen molar-refractivity contribution in [2.24, 2.45) is 10.9 Å². The summed E-state index contributed by atoms with van der Waals surface area (Å²) in [6, 6.07) is -0.426. The van der Waals surface area contributed by atoms with Crippen LogP contribution in [0.5, 0.6) is 0 Å². The van der Waals surface area contributed by atoms with Crippen LogP contribution in [0.15, 0.2) is 5.16 Å². The van der Waals surface area contributed by atoms with E-state index in [-0.39, 0.29) is 11.9 Å². The van der Waals surface area contributed by atoms with Crippen LogP contribution in [0.1, 0.15) is 19.8 Å². The van der Waals surface area contributed by atoms with E-state index in [2.05, 4.69) is 15.8 Å². The van der Waals surface area contributed by atoms with Gasteiger partial charge in [-0.05, 0) is 19.8 Å². The van der Waals surface area contributed by atoms with E-state index in [9.17, 15) is 4.79 Å². The van der Waals surface area contributed by atoms with Crippen LogP contribution >= 0.6 is 0 Å². The Hall–Kier alpha value is -1.46. The van der Waals surface area contributed by atoms with E-state index in [0.29, 0.717) is 6.04 Å². The van der Waals surface area contributed by atoms with E-state index < -0.39 is 6.04 Å². The van der Waals surface area contributed by atoms with Crippen molar-refractivity contribution in [1.29, 1.82) is 0 Å². The molecule has 6 heteroatoms. The number of amidine groups is 1. The predicted molar refractivity (Wildman–Crippen MR) is 47.6 cm³/mol. The average molecular weight is 186 g/mol. The predicted octanol–water partition coefficient (Wildman–Crippen LogP) is -0.417. The van der Waals surface area contributed by atoms with Gasteiger partial charge in [0.1, 0.15) is 0 Å². The molecule has 1 aliphatic rings. The molecule has 0 radical (unpaired) electrons. The first-order chi connectivity index (χ1) is 6.13. The number of carbonyl (C=O) groups excluding carboxylic acids is 1. The summed E-state index contributed by atoms with van der Waals surface area (Å²) in [7, 11) is 0. The minimum Gasteiger partial charge on any atom is -0.409 e. The lowest BCUT2D eigenvalue weighted by Gasteiger charge is -2.12. The van der Waals surface area contributed by atoms with Gasteiger partial charge in [0, 0.05) is 6.04 Å². The van der Waals surface area contributed by atoms with Crippen LogP contribution < -0.4 is 16.4 Å². The first-order valence-electron chi connectivity index (χ1n) is 4.18. The second-order valence-corrected chi connectivity index (χ2v) is 3.14. The van der Waals surface area contributed by atoms with Crippen molar-refractivity contribution in [2.75, 3.05) is 0 Å². The molecule has 13 heavy (non-hydrogen) atoms. The third-order valence-electron chi connectivity index (χ3n) is 1.82. The molecule has 0 aromatic rings. The van der Waals surface area contributed by atoms with E-state index in [1.54, 1.807) is 6.92 Å². The zero-order chi connectivity index (χ0) is 9.84. The zero-order valence-electron chi connectivity index (χ0n) is 7.45. The van der Waals surface area contributed by atoms with Crippen molar-refractivity contribution in [1.82, 2.24) is 10.6 Å². The first-order valence-corrected chi connectivity index (χ1v) is 4.18. The maximum Gasteiger partial charge on any atom is 0.315 e. The number of rotatable bonds is 3. The molecule has 74 valence electrons. The molecule has 0 heterocycles. The minimum atomic E-state index is -0.455. The van der Waals surface area contributed by atoms with Crippen LogP contribution in [0.25, 0.3) is 0 Å². The standard InChI is InChI=1S/C7H14N4O2/c1-4(6(8)11-13)9-7(12)10-5-2-3-5/h4-5,13H,2-3H2,1H3,(H2,8,11)(H2,9,10,12). The molecule has 0 saturated heterocycles. The highest BCUT2D eigenvalue weighted by atomic mass is 16.4. The molecule has 0 aromatic carbocycles. The van der Waals surface area contributed by atoms with Crippen molar-refractivity contribution in [2.45, 2.75) is 31.8 Å². The lowest BCUT2D eigenvalue weighted by molar-refractivity contribution is 0.239. The van der Waals surface area contributed by atoms with Gasteiger partial charge in [-0.3, -0.25) is 0 Å². The normalized spacial score (nSPS) is 19.3. The number of hydrogen-bond acceptors (Lipinski definition) is 3. The van der Waals surface area contributed by atoms with Crippen LogP contribution in [0.4, 0.5) is 4.79 Å². The van der Waals surface area contributed by atoms with Gasteiger partial charge in [0.15, 0.2) is 5.84 Å². The number of nitrogens with two attached hydrogens (primary N) is 1. The Morgan fingerprint density at radius 3 is 2.77 bits per heavy atom. The van der Waals surface area contributed by atoms with Gasteiger partial charge in [-0.1, -0.05) is 5.16 Å². The molecule has 5 N–H and O–H groups in total. The van der Waals surface area contributed by atoms with Crippen molar-refractivity contribution < 1.29 is 10.0 Å². The van der Waals surface area contributed by atoms with Gasteiger partial charge >= 0.3 is 6.03 Å². The summed E-state index contributed by atoms with van der Waals surface area (Å²) in [6.45, 7) is 1.64. The fourth-order valence-corrected chi connectivity index (χ4v) is 0.812. The fraction of sp³-hybridized carbons (Fsp3) is 0.714. The van der Waals surface area contributed by atoms with Crippen LogP contribution in [-0.2, 0) is 0 Å². The molecule has 1 unspecified atom stereocenters. The Kier molecular flexibility index (Phi) is 2.94. The molecule has 1 fully saturated rings. The number of nitrogens with zero attached hydrogens (tertiary/aromatic N) is 1. The van der Waals surface area contributed by atoms with Crippen molar-refractivity contribution in [3.05, 3.63) is 0 Å². The van der Waals surface area contributed by atoms with Gasteiger partial charge in [0.05, 0.1) is 6.04 Å². The van der Waals surface area contributed by atoms with Gasteiger partial charge in [0.25, 0.3) is 0 Å².